The molecule has 16 heavy (non-hydrogen) atoms. The van der Waals surface area contributed by atoms with Gasteiger partial charge < -0.3 is 15.9 Å². The van der Waals surface area contributed by atoms with E-state index in [1.165, 1.54) is 0 Å². The van der Waals surface area contributed by atoms with E-state index >= 15 is 0 Å². The van der Waals surface area contributed by atoms with Crippen LogP contribution < -0.4 is 5.73 Å². The Balaban J connectivity index is 2.56. The number of rotatable bonds is 6. The number of benzene rings is 1. The fourth-order valence-electron chi connectivity index (χ4n) is 1.59. The van der Waals surface area contributed by atoms with E-state index in [4.69, 9.17) is 10.8 Å². The molecule has 0 saturated carbocycles. The van der Waals surface area contributed by atoms with E-state index in [9.17, 15) is 5.11 Å². The highest BCUT2D eigenvalue weighted by atomic mass is 16.3. The third-order valence-corrected chi connectivity index (χ3v) is 2.62. The van der Waals surface area contributed by atoms with Crippen LogP contribution in [-0.2, 0) is 0 Å². The zero-order chi connectivity index (χ0) is 12.0. The molecule has 0 amide bonds. The van der Waals surface area contributed by atoms with Crippen LogP contribution in [0.5, 0.6) is 0 Å². The lowest BCUT2D eigenvalue weighted by atomic mass is 10.1. The van der Waals surface area contributed by atoms with Crippen molar-refractivity contribution in [3.05, 3.63) is 29.8 Å². The first-order valence-corrected chi connectivity index (χ1v) is 5.54. The van der Waals surface area contributed by atoms with Gasteiger partial charge >= 0.3 is 0 Å². The van der Waals surface area contributed by atoms with Crippen molar-refractivity contribution in [2.75, 3.05) is 32.0 Å². The fraction of sp³-hybridized carbons (Fsp3) is 0.500. The van der Waals surface area contributed by atoms with Crippen molar-refractivity contribution in [1.82, 2.24) is 4.90 Å². The van der Waals surface area contributed by atoms with Crippen molar-refractivity contribution in [3.8, 4) is 0 Å². The molecule has 4 nitrogen and oxygen atoms in total. The molecule has 1 unspecified atom stereocenters. The van der Waals surface area contributed by atoms with Crippen molar-refractivity contribution in [1.29, 1.82) is 0 Å². The van der Waals surface area contributed by atoms with Gasteiger partial charge in [-0.3, -0.25) is 4.90 Å². The quantitative estimate of drug-likeness (QED) is 0.619. The molecule has 0 heterocycles. The van der Waals surface area contributed by atoms with E-state index in [1.807, 2.05) is 24.0 Å². The van der Waals surface area contributed by atoms with Crippen molar-refractivity contribution < 1.29 is 10.2 Å². The third kappa shape index (κ3) is 3.81. The van der Waals surface area contributed by atoms with Crippen molar-refractivity contribution >= 4 is 5.69 Å². The second kappa shape index (κ2) is 6.48. The summed E-state index contributed by atoms with van der Waals surface area (Å²) < 4.78 is 0. The number of nitrogens with two attached hydrogens (primary N) is 1. The molecule has 1 atom stereocenters. The standard InChI is InChI=1S/C12H20N2O2/c1-2-14(7-8-15)9-12(16)10-3-5-11(13)6-4-10/h3-6,12,15-16H,2,7-9,13H2,1H3. The molecule has 0 spiro atoms. The lowest BCUT2D eigenvalue weighted by molar-refractivity contribution is 0.103. The van der Waals surface area contributed by atoms with Crippen LogP contribution in [0.4, 0.5) is 5.69 Å². The first-order valence-electron chi connectivity index (χ1n) is 5.54. The van der Waals surface area contributed by atoms with Gasteiger partial charge in [0.15, 0.2) is 0 Å². The molecule has 90 valence electrons. The van der Waals surface area contributed by atoms with Crippen LogP contribution in [0.15, 0.2) is 24.3 Å². The Morgan fingerprint density at radius 1 is 1.31 bits per heavy atom. The second-order valence-electron chi connectivity index (χ2n) is 3.80. The van der Waals surface area contributed by atoms with Crippen LogP contribution in [0, 0.1) is 0 Å². The van der Waals surface area contributed by atoms with Crippen molar-refractivity contribution in [2.24, 2.45) is 0 Å². The Kier molecular flexibility index (Phi) is 5.25. The van der Waals surface area contributed by atoms with Crippen molar-refractivity contribution in [3.63, 3.8) is 0 Å². The third-order valence-electron chi connectivity index (χ3n) is 2.62. The van der Waals surface area contributed by atoms with Gasteiger partial charge in [0.2, 0.25) is 0 Å². The average molecular weight is 224 g/mol. The first-order chi connectivity index (χ1) is 7.67. The highest BCUT2D eigenvalue weighted by Crippen LogP contribution is 2.15. The lowest BCUT2D eigenvalue weighted by Gasteiger charge is -2.22. The number of nitrogens with zero attached hydrogens (tertiary/aromatic N) is 1. The predicted molar refractivity (Wildman–Crippen MR) is 65.0 cm³/mol. The smallest absolute Gasteiger partial charge is 0.0916 e. The molecule has 0 saturated heterocycles. The first kappa shape index (κ1) is 13.0. The molecule has 0 fully saturated rings. The number of aliphatic hydroxyl groups excluding tert-OH is 2. The van der Waals surface area contributed by atoms with Gasteiger partial charge in [-0.2, -0.15) is 0 Å². The Morgan fingerprint density at radius 3 is 2.44 bits per heavy atom. The molecule has 0 bridgehead atoms. The maximum absolute atomic E-state index is 9.98. The second-order valence-corrected chi connectivity index (χ2v) is 3.80. The zero-order valence-corrected chi connectivity index (χ0v) is 9.63. The van der Waals surface area contributed by atoms with Gasteiger partial charge in [-0.15, -0.1) is 0 Å². The minimum atomic E-state index is -0.535. The number of aliphatic hydroxyl groups is 2. The van der Waals surface area contributed by atoms with E-state index in [2.05, 4.69) is 0 Å². The number of nitrogen functional groups attached to an aromatic ring is 1. The molecule has 1 aromatic rings. The molecule has 4 N–H and O–H groups in total. The van der Waals surface area contributed by atoms with Crippen molar-refractivity contribution in [2.45, 2.75) is 13.0 Å². The van der Waals surface area contributed by atoms with Gasteiger partial charge in [-0.25, -0.2) is 0 Å². The maximum atomic E-state index is 9.98. The van der Waals surface area contributed by atoms with Crippen LogP contribution in [0.2, 0.25) is 0 Å². The molecule has 1 rings (SSSR count). The van der Waals surface area contributed by atoms with Gasteiger partial charge in [0, 0.05) is 18.8 Å². The summed E-state index contributed by atoms with van der Waals surface area (Å²) in [7, 11) is 0. The number of hydrogen-bond donors (Lipinski definition) is 3. The predicted octanol–water partition coefficient (Wildman–Crippen LogP) is 0.616. The largest absolute Gasteiger partial charge is 0.399 e. The molecule has 0 radical (unpaired) electrons. The Hall–Kier alpha value is -1.10. The van der Waals surface area contributed by atoms with E-state index in [-0.39, 0.29) is 6.61 Å². The van der Waals surface area contributed by atoms with Crippen LogP contribution in [-0.4, -0.2) is 41.4 Å². The molecule has 4 heteroatoms. The zero-order valence-electron chi connectivity index (χ0n) is 9.63. The molecule has 0 aromatic heterocycles. The molecular weight excluding hydrogens is 204 g/mol. The summed E-state index contributed by atoms with van der Waals surface area (Å²) >= 11 is 0. The number of anilines is 1. The van der Waals surface area contributed by atoms with Gasteiger partial charge in [0.05, 0.1) is 12.7 Å². The molecule has 0 aliphatic carbocycles. The summed E-state index contributed by atoms with van der Waals surface area (Å²) in [6.45, 7) is 4.05. The molecule has 0 aliphatic heterocycles. The van der Waals surface area contributed by atoms with Crippen LogP contribution in [0.25, 0.3) is 0 Å². The highest BCUT2D eigenvalue weighted by Gasteiger charge is 2.11. The lowest BCUT2D eigenvalue weighted by Crippen LogP contribution is -2.31. The SMILES string of the molecule is CCN(CCO)CC(O)c1ccc(N)cc1. The molecular formula is C12H20N2O2. The molecule has 0 aliphatic rings. The summed E-state index contributed by atoms with van der Waals surface area (Å²) in [6.07, 6.45) is -0.535. The Bertz CT molecular complexity index is 300. The van der Waals surface area contributed by atoms with Gasteiger partial charge in [-0.05, 0) is 24.2 Å². The monoisotopic (exact) mass is 224 g/mol. The number of likely N-dealkylation sites (N-methyl/N-ethyl adjacent to an activating group) is 1. The maximum Gasteiger partial charge on any atom is 0.0916 e. The average Bonchev–Trinajstić information content (AvgIpc) is 2.29. The van der Waals surface area contributed by atoms with Crippen LogP contribution in [0.1, 0.15) is 18.6 Å². The summed E-state index contributed by atoms with van der Waals surface area (Å²) in [6, 6.07) is 7.21. The van der Waals surface area contributed by atoms with Gasteiger partial charge in [0.1, 0.15) is 0 Å². The fourth-order valence-corrected chi connectivity index (χ4v) is 1.59. The summed E-state index contributed by atoms with van der Waals surface area (Å²) in [5.41, 5.74) is 7.12. The van der Waals surface area contributed by atoms with E-state index in [0.29, 0.717) is 18.8 Å². The van der Waals surface area contributed by atoms with E-state index < -0.39 is 6.10 Å². The Labute approximate surface area is 96.3 Å². The normalized spacial score (nSPS) is 13.0. The summed E-state index contributed by atoms with van der Waals surface area (Å²) in [5.74, 6) is 0. The van der Waals surface area contributed by atoms with Crippen LogP contribution in [0.3, 0.4) is 0 Å². The van der Waals surface area contributed by atoms with Gasteiger partial charge in [0.25, 0.3) is 0 Å². The van der Waals surface area contributed by atoms with Crippen LogP contribution >= 0.6 is 0 Å². The minimum absolute atomic E-state index is 0.113. The van der Waals surface area contributed by atoms with Gasteiger partial charge in [-0.1, -0.05) is 19.1 Å². The topological polar surface area (TPSA) is 69.7 Å². The Morgan fingerprint density at radius 2 is 1.94 bits per heavy atom. The highest BCUT2D eigenvalue weighted by molar-refractivity contribution is 5.39. The van der Waals surface area contributed by atoms with E-state index in [0.717, 1.165) is 12.1 Å². The molecule has 1 aromatic carbocycles. The summed E-state index contributed by atoms with van der Waals surface area (Å²) in [5, 5.41) is 18.8. The van der Waals surface area contributed by atoms with E-state index in [1.54, 1.807) is 12.1 Å². The summed E-state index contributed by atoms with van der Waals surface area (Å²) in [4.78, 5) is 2.00. The number of hydrogen-bond acceptors (Lipinski definition) is 4. The minimum Gasteiger partial charge on any atom is -0.399 e.